The fourth-order valence-corrected chi connectivity index (χ4v) is 3.60. The molecule has 0 saturated carbocycles. The Kier molecular flexibility index (Phi) is 5.12. The fraction of sp³-hybridized carbons (Fsp3) is 0.273. The van der Waals surface area contributed by atoms with Crippen LogP contribution in [0.5, 0.6) is 0 Å². The van der Waals surface area contributed by atoms with Gasteiger partial charge in [0.15, 0.2) is 0 Å². The van der Waals surface area contributed by atoms with E-state index >= 15 is 0 Å². The summed E-state index contributed by atoms with van der Waals surface area (Å²) in [7, 11) is 1.95. The highest BCUT2D eigenvalue weighted by molar-refractivity contribution is 5.78. The summed E-state index contributed by atoms with van der Waals surface area (Å²) in [5, 5.41) is 3.58. The van der Waals surface area contributed by atoms with E-state index in [0.29, 0.717) is 36.0 Å². The zero-order valence-electron chi connectivity index (χ0n) is 16.5. The number of nitrogens with zero attached hydrogens (tertiary/aromatic N) is 3. The van der Waals surface area contributed by atoms with Gasteiger partial charge in [-0.3, -0.25) is 9.59 Å². The number of hydrogen-bond acceptors (Lipinski definition) is 4. The SMILES string of the molecule is C[C@H](NC(=O)CCCc1nc2ccccc2c(=O)[nH]1)c1nc2ccccc2n1C. The lowest BCUT2D eigenvalue weighted by atomic mass is 10.2. The van der Waals surface area contributed by atoms with Gasteiger partial charge in [-0.1, -0.05) is 24.3 Å². The number of para-hydroxylation sites is 3. The summed E-state index contributed by atoms with van der Waals surface area (Å²) in [4.78, 5) is 36.4. The predicted molar refractivity (Wildman–Crippen MR) is 113 cm³/mol. The van der Waals surface area contributed by atoms with Crippen LogP contribution >= 0.6 is 0 Å². The molecule has 0 aliphatic heterocycles. The van der Waals surface area contributed by atoms with Crippen molar-refractivity contribution in [1.82, 2.24) is 24.8 Å². The third kappa shape index (κ3) is 3.89. The van der Waals surface area contributed by atoms with Crippen molar-refractivity contribution in [1.29, 1.82) is 0 Å². The third-order valence-corrected chi connectivity index (χ3v) is 5.07. The number of H-pyrrole nitrogens is 1. The summed E-state index contributed by atoms with van der Waals surface area (Å²) in [6.07, 6.45) is 1.49. The van der Waals surface area contributed by atoms with Crippen molar-refractivity contribution >= 4 is 27.8 Å². The van der Waals surface area contributed by atoms with Crippen LogP contribution in [0, 0.1) is 0 Å². The summed E-state index contributed by atoms with van der Waals surface area (Å²) >= 11 is 0. The van der Waals surface area contributed by atoms with Gasteiger partial charge in [0.2, 0.25) is 5.91 Å². The first kappa shape index (κ1) is 18.9. The van der Waals surface area contributed by atoms with Gasteiger partial charge in [0, 0.05) is 19.9 Å². The molecule has 0 saturated heterocycles. The molecular weight excluding hydrogens is 366 g/mol. The van der Waals surface area contributed by atoms with Crippen LogP contribution in [0.15, 0.2) is 53.3 Å². The standard InChI is InChI=1S/C22H23N5O2/c1-14(21-25-17-10-5-6-11-18(17)27(21)2)23-20(28)13-7-12-19-24-16-9-4-3-8-15(16)22(29)26-19/h3-6,8-11,14H,7,12-13H2,1-2H3,(H,23,28)(H,24,26,29)/t14-/m0/s1. The molecule has 7 nitrogen and oxygen atoms in total. The first-order valence-electron chi connectivity index (χ1n) is 9.71. The van der Waals surface area contributed by atoms with Gasteiger partial charge < -0.3 is 14.9 Å². The summed E-state index contributed by atoms with van der Waals surface area (Å²) in [6, 6.07) is 14.9. The van der Waals surface area contributed by atoms with E-state index in [9.17, 15) is 9.59 Å². The van der Waals surface area contributed by atoms with Crippen LogP contribution in [-0.4, -0.2) is 25.4 Å². The van der Waals surface area contributed by atoms with Crippen molar-refractivity contribution in [2.45, 2.75) is 32.2 Å². The number of carbonyl (C=O) groups excluding carboxylic acids is 1. The molecule has 1 amide bonds. The largest absolute Gasteiger partial charge is 0.346 e. The lowest BCUT2D eigenvalue weighted by molar-refractivity contribution is -0.121. The molecule has 148 valence electrons. The molecule has 0 bridgehead atoms. The maximum atomic E-state index is 12.4. The van der Waals surface area contributed by atoms with Crippen molar-refractivity contribution in [2.75, 3.05) is 0 Å². The molecule has 4 rings (SSSR count). The van der Waals surface area contributed by atoms with Crippen LogP contribution in [0.3, 0.4) is 0 Å². The molecule has 2 aromatic carbocycles. The second kappa shape index (κ2) is 7.87. The number of fused-ring (bicyclic) bond motifs is 2. The van der Waals surface area contributed by atoms with E-state index in [4.69, 9.17) is 0 Å². The maximum Gasteiger partial charge on any atom is 0.258 e. The van der Waals surface area contributed by atoms with Gasteiger partial charge in [0.1, 0.15) is 11.6 Å². The van der Waals surface area contributed by atoms with E-state index in [0.717, 1.165) is 16.9 Å². The minimum absolute atomic E-state index is 0.0484. The van der Waals surface area contributed by atoms with Crippen molar-refractivity contribution in [3.63, 3.8) is 0 Å². The number of nitrogens with one attached hydrogen (secondary N) is 2. The molecule has 2 heterocycles. The molecule has 0 aliphatic carbocycles. The van der Waals surface area contributed by atoms with Crippen LogP contribution in [0.1, 0.15) is 37.5 Å². The fourth-order valence-electron chi connectivity index (χ4n) is 3.60. The summed E-state index contributed by atoms with van der Waals surface area (Å²) < 4.78 is 2.00. The lowest BCUT2D eigenvalue weighted by Crippen LogP contribution is -2.28. The number of imidazole rings is 1. The Morgan fingerprint density at radius 3 is 2.62 bits per heavy atom. The van der Waals surface area contributed by atoms with Gasteiger partial charge >= 0.3 is 0 Å². The molecule has 4 aromatic rings. The Balaban J connectivity index is 1.36. The topological polar surface area (TPSA) is 92.7 Å². The number of carbonyl (C=O) groups is 1. The van der Waals surface area contributed by atoms with Crippen molar-refractivity contribution in [2.24, 2.45) is 7.05 Å². The van der Waals surface area contributed by atoms with Gasteiger partial charge in [-0.25, -0.2) is 9.97 Å². The van der Waals surface area contributed by atoms with Crippen LogP contribution in [0.4, 0.5) is 0 Å². The zero-order chi connectivity index (χ0) is 20.4. The number of amides is 1. The van der Waals surface area contributed by atoms with E-state index < -0.39 is 0 Å². The Morgan fingerprint density at radius 2 is 1.83 bits per heavy atom. The average molecular weight is 389 g/mol. The summed E-state index contributed by atoms with van der Waals surface area (Å²) in [6.45, 7) is 1.93. The molecule has 29 heavy (non-hydrogen) atoms. The van der Waals surface area contributed by atoms with Crippen molar-refractivity contribution in [3.8, 4) is 0 Å². The highest BCUT2D eigenvalue weighted by Crippen LogP contribution is 2.19. The van der Waals surface area contributed by atoms with Gasteiger partial charge in [0.25, 0.3) is 5.56 Å². The molecule has 1 atom stereocenters. The zero-order valence-corrected chi connectivity index (χ0v) is 16.5. The molecule has 2 aromatic heterocycles. The number of hydrogen-bond donors (Lipinski definition) is 2. The minimum Gasteiger partial charge on any atom is -0.346 e. The van der Waals surface area contributed by atoms with Crippen LogP contribution in [-0.2, 0) is 18.3 Å². The molecule has 0 aliphatic rings. The van der Waals surface area contributed by atoms with Gasteiger partial charge in [-0.05, 0) is 37.6 Å². The number of aromatic nitrogens is 4. The molecule has 0 spiro atoms. The van der Waals surface area contributed by atoms with E-state index in [-0.39, 0.29) is 17.5 Å². The quantitative estimate of drug-likeness (QED) is 0.530. The maximum absolute atomic E-state index is 12.4. The number of benzene rings is 2. The summed E-state index contributed by atoms with van der Waals surface area (Å²) in [5.74, 6) is 1.37. The number of aryl methyl sites for hydroxylation is 2. The average Bonchev–Trinajstić information content (AvgIpc) is 3.05. The summed E-state index contributed by atoms with van der Waals surface area (Å²) in [5.41, 5.74) is 2.48. The Bertz CT molecular complexity index is 1240. The Labute approximate surface area is 167 Å². The van der Waals surface area contributed by atoms with Gasteiger partial charge in [0.05, 0.1) is 28.0 Å². The van der Waals surface area contributed by atoms with Crippen molar-refractivity contribution < 1.29 is 4.79 Å². The second-order valence-corrected chi connectivity index (χ2v) is 7.19. The first-order valence-corrected chi connectivity index (χ1v) is 9.71. The molecule has 7 heteroatoms. The van der Waals surface area contributed by atoms with Crippen LogP contribution in [0.25, 0.3) is 21.9 Å². The van der Waals surface area contributed by atoms with E-state index in [1.807, 2.05) is 61.0 Å². The highest BCUT2D eigenvalue weighted by atomic mass is 16.1. The van der Waals surface area contributed by atoms with Gasteiger partial charge in [-0.2, -0.15) is 0 Å². The molecular formula is C22H23N5O2. The van der Waals surface area contributed by atoms with Crippen LogP contribution < -0.4 is 10.9 Å². The molecule has 0 fully saturated rings. The minimum atomic E-state index is -0.196. The Hall–Kier alpha value is -3.48. The number of rotatable bonds is 6. The van der Waals surface area contributed by atoms with E-state index in [1.54, 1.807) is 6.07 Å². The second-order valence-electron chi connectivity index (χ2n) is 7.19. The lowest BCUT2D eigenvalue weighted by Gasteiger charge is -2.14. The van der Waals surface area contributed by atoms with Crippen molar-refractivity contribution in [3.05, 3.63) is 70.5 Å². The van der Waals surface area contributed by atoms with Gasteiger partial charge in [-0.15, -0.1) is 0 Å². The van der Waals surface area contributed by atoms with Crippen LogP contribution in [0.2, 0.25) is 0 Å². The van der Waals surface area contributed by atoms with E-state index in [2.05, 4.69) is 20.3 Å². The highest BCUT2D eigenvalue weighted by Gasteiger charge is 2.16. The Morgan fingerprint density at radius 1 is 1.10 bits per heavy atom. The third-order valence-electron chi connectivity index (χ3n) is 5.07. The molecule has 0 radical (unpaired) electrons. The normalized spacial score (nSPS) is 12.3. The monoisotopic (exact) mass is 389 g/mol. The molecule has 0 unspecified atom stereocenters. The predicted octanol–water partition coefficient (Wildman–Crippen LogP) is 3.01. The first-order chi connectivity index (χ1) is 14.0. The smallest absolute Gasteiger partial charge is 0.258 e. The van der Waals surface area contributed by atoms with E-state index in [1.165, 1.54) is 0 Å². The number of aromatic amines is 1. The molecule has 2 N–H and O–H groups in total.